The molecule has 0 N–H and O–H groups in total. The summed E-state index contributed by atoms with van der Waals surface area (Å²) in [6.45, 7) is 0. The molecule has 17 heavy (non-hydrogen) atoms. The van der Waals surface area contributed by atoms with Crippen LogP contribution in [0, 0.1) is 0 Å². The molecular weight excluding hydrogens is 288 g/mol. The number of alkyl halides is 1. The molecular formula is C12H17BrO4. The number of ether oxygens (including phenoxy) is 2. The molecule has 5 heteroatoms. The van der Waals surface area contributed by atoms with Crippen LogP contribution in [0.25, 0.3) is 0 Å². The van der Waals surface area contributed by atoms with Gasteiger partial charge in [-0.3, -0.25) is 0 Å². The zero-order valence-electron chi connectivity index (χ0n) is 10.1. The predicted molar refractivity (Wildman–Crippen MR) is 68.9 cm³/mol. The molecule has 0 amide bonds. The van der Waals surface area contributed by atoms with E-state index in [1.54, 1.807) is 6.08 Å². The predicted octanol–water partition coefficient (Wildman–Crippen LogP) is 2.38. The molecule has 4 nitrogen and oxygen atoms in total. The molecule has 0 saturated carbocycles. The van der Waals surface area contributed by atoms with Crippen LogP contribution in [0.1, 0.15) is 19.3 Å². The molecule has 0 aliphatic heterocycles. The third-order valence-electron chi connectivity index (χ3n) is 2.01. The average Bonchev–Trinajstić information content (AvgIpc) is 2.36. The van der Waals surface area contributed by atoms with Crippen molar-refractivity contribution < 1.29 is 19.1 Å². The number of hydrogen-bond acceptors (Lipinski definition) is 4. The molecule has 0 heterocycles. The van der Waals surface area contributed by atoms with E-state index in [-0.39, 0.29) is 11.9 Å². The second kappa shape index (κ2) is 10.1. The fourth-order valence-corrected chi connectivity index (χ4v) is 1.54. The van der Waals surface area contributed by atoms with E-state index in [0.717, 1.165) is 19.3 Å². The molecule has 0 radical (unpaired) electrons. The first-order valence-electron chi connectivity index (χ1n) is 5.23. The molecule has 0 aromatic carbocycles. The van der Waals surface area contributed by atoms with Crippen LogP contribution in [-0.4, -0.2) is 31.5 Å². The van der Waals surface area contributed by atoms with Gasteiger partial charge in [0.05, 0.1) is 14.2 Å². The Balaban J connectivity index is 3.89. The van der Waals surface area contributed by atoms with Gasteiger partial charge in [-0.05, 0) is 19.3 Å². The third kappa shape index (κ3) is 7.74. The third-order valence-corrected chi connectivity index (χ3v) is 2.62. The van der Waals surface area contributed by atoms with E-state index in [4.69, 9.17) is 0 Å². The maximum Gasteiger partial charge on any atom is 0.334 e. The average molecular weight is 305 g/mol. The Labute approximate surface area is 110 Å². The number of unbranched alkanes of at least 4 members (excludes halogenated alkanes) is 2. The first kappa shape index (κ1) is 15.9. The number of carbonyl (C=O) groups excluding carboxylic acids is 2. The van der Waals surface area contributed by atoms with Crippen LogP contribution < -0.4 is 0 Å². The maximum absolute atomic E-state index is 11.2. The zero-order chi connectivity index (χ0) is 13.1. The number of esters is 2. The minimum absolute atomic E-state index is 0.313. The topological polar surface area (TPSA) is 52.6 Å². The normalized spacial score (nSPS) is 11.6. The number of carbonyl (C=O) groups is 2. The van der Waals surface area contributed by atoms with E-state index in [9.17, 15) is 9.59 Å². The highest BCUT2D eigenvalue weighted by atomic mass is 79.9. The van der Waals surface area contributed by atoms with Crippen molar-refractivity contribution in [3.05, 3.63) is 23.8 Å². The Morgan fingerprint density at radius 3 is 2.41 bits per heavy atom. The molecule has 0 rings (SSSR count). The van der Waals surface area contributed by atoms with E-state index in [0.29, 0.717) is 10.9 Å². The van der Waals surface area contributed by atoms with E-state index in [1.807, 2.05) is 6.08 Å². The van der Waals surface area contributed by atoms with Crippen LogP contribution in [0.5, 0.6) is 0 Å². The Hall–Kier alpha value is -1.10. The van der Waals surface area contributed by atoms with Gasteiger partial charge in [0.15, 0.2) is 0 Å². The fourth-order valence-electron chi connectivity index (χ4n) is 1.08. The number of hydrogen-bond donors (Lipinski definition) is 0. The van der Waals surface area contributed by atoms with Crippen molar-refractivity contribution in [2.24, 2.45) is 0 Å². The summed E-state index contributed by atoms with van der Waals surface area (Å²) in [7, 11) is 2.70. The molecule has 0 saturated heterocycles. The lowest BCUT2D eigenvalue weighted by Gasteiger charge is -2.00. The van der Waals surface area contributed by atoms with Crippen LogP contribution in [0.4, 0.5) is 0 Å². The highest BCUT2D eigenvalue weighted by Gasteiger charge is 2.06. The van der Waals surface area contributed by atoms with Gasteiger partial charge in [0, 0.05) is 17.0 Å². The van der Waals surface area contributed by atoms with Crippen LogP contribution in [0.15, 0.2) is 23.8 Å². The van der Waals surface area contributed by atoms with Crippen molar-refractivity contribution in [1.29, 1.82) is 0 Å². The molecule has 0 aromatic rings. The quantitative estimate of drug-likeness (QED) is 0.314. The standard InChI is InChI=1S/C12H17BrO4/c1-16-11(14)8-6-4-3-5-7-10(9-13)12(15)17-2/h6-8H,3-5,9H2,1-2H3/b8-6+,10-7+. The van der Waals surface area contributed by atoms with Crippen molar-refractivity contribution in [2.45, 2.75) is 19.3 Å². The minimum atomic E-state index is -0.351. The monoisotopic (exact) mass is 304 g/mol. The van der Waals surface area contributed by atoms with Crippen LogP contribution in [-0.2, 0) is 19.1 Å². The Morgan fingerprint density at radius 2 is 1.88 bits per heavy atom. The lowest BCUT2D eigenvalue weighted by molar-refractivity contribution is -0.136. The molecule has 0 unspecified atom stereocenters. The minimum Gasteiger partial charge on any atom is -0.466 e. The van der Waals surface area contributed by atoms with E-state index >= 15 is 0 Å². The zero-order valence-corrected chi connectivity index (χ0v) is 11.7. The van der Waals surface area contributed by atoms with Gasteiger partial charge in [0.1, 0.15) is 0 Å². The SMILES string of the molecule is COC(=O)/C=C/CCC/C=C(\CBr)C(=O)OC. The maximum atomic E-state index is 11.2. The lowest BCUT2D eigenvalue weighted by Crippen LogP contribution is -2.05. The molecule has 0 spiro atoms. The van der Waals surface area contributed by atoms with Crippen molar-refractivity contribution in [1.82, 2.24) is 0 Å². The van der Waals surface area contributed by atoms with Gasteiger partial charge in [-0.15, -0.1) is 0 Å². The second-order valence-electron chi connectivity index (χ2n) is 3.21. The van der Waals surface area contributed by atoms with Crippen molar-refractivity contribution in [3.8, 4) is 0 Å². The van der Waals surface area contributed by atoms with Gasteiger partial charge in [0.2, 0.25) is 0 Å². The summed E-state index contributed by atoms with van der Waals surface area (Å²) in [5, 5.41) is 0.484. The largest absolute Gasteiger partial charge is 0.466 e. The molecule has 0 aliphatic rings. The first-order valence-corrected chi connectivity index (χ1v) is 6.35. The van der Waals surface area contributed by atoms with Crippen molar-refractivity contribution >= 4 is 27.9 Å². The Bertz CT molecular complexity index is 308. The molecule has 0 aliphatic carbocycles. The van der Waals surface area contributed by atoms with Crippen LogP contribution >= 0.6 is 15.9 Å². The van der Waals surface area contributed by atoms with Gasteiger partial charge in [-0.2, -0.15) is 0 Å². The summed E-state index contributed by atoms with van der Waals surface area (Å²) >= 11 is 3.22. The fraction of sp³-hybridized carbons (Fsp3) is 0.500. The number of halogens is 1. The van der Waals surface area contributed by atoms with E-state index < -0.39 is 0 Å². The van der Waals surface area contributed by atoms with Crippen LogP contribution in [0.3, 0.4) is 0 Å². The summed E-state index contributed by atoms with van der Waals surface area (Å²) in [5.74, 6) is -0.664. The molecule has 96 valence electrons. The number of methoxy groups -OCH3 is 2. The van der Waals surface area contributed by atoms with E-state index in [2.05, 4.69) is 25.4 Å². The summed E-state index contributed by atoms with van der Waals surface area (Å²) in [5.41, 5.74) is 0.615. The highest BCUT2D eigenvalue weighted by Crippen LogP contribution is 2.07. The number of allylic oxidation sites excluding steroid dienone is 2. The molecule has 0 fully saturated rings. The Kier molecular flexibility index (Phi) is 9.43. The summed E-state index contributed by atoms with van der Waals surface area (Å²) in [4.78, 5) is 21.9. The van der Waals surface area contributed by atoms with Gasteiger partial charge < -0.3 is 9.47 Å². The number of rotatable bonds is 7. The van der Waals surface area contributed by atoms with E-state index in [1.165, 1.54) is 20.3 Å². The Morgan fingerprint density at radius 1 is 1.18 bits per heavy atom. The first-order chi connectivity index (χ1) is 8.15. The smallest absolute Gasteiger partial charge is 0.334 e. The van der Waals surface area contributed by atoms with Crippen molar-refractivity contribution in [2.75, 3.05) is 19.5 Å². The molecule has 0 atom stereocenters. The van der Waals surface area contributed by atoms with Gasteiger partial charge in [-0.25, -0.2) is 9.59 Å². The molecule has 0 aromatic heterocycles. The van der Waals surface area contributed by atoms with Gasteiger partial charge >= 0.3 is 11.9 Å². The lowest BCUT2D eigenvalue weighted by atomic mass is 10.1. The molecule has 0 bridgehead atoms. The summed E-state index contributed by atoms with van der Waals surface area (Å²) in [6, 6.07) is 0. The van der Waals surface area contributed by atoms with Crippen molar-refractivity contribution in [3.63, 3.8) is 0 Å². The van der Waals surface area contributed by atoms with Crippen LogP contribution in [0.2, 0.25) is 0 Å². The van der Waals surface area contributed by atoms with Gasteiger partial charge in [-0.1, -0.05) is 28.1 Å². The second-order valence-corrected chi connectivity index (χ2v) is 3.77. The highest BCUT2D eigenvalue weighted by molar-refractivity contribution is 9.09. The summed E-state index contributed by atoms with van der Waals surface area (Å²) < 4.78 is 9.07. The summed E-state index contributed by atoms with van der Waals surface area (Å²) in [6.07, 6.45) is 7.39. The van der Waals surface area contributed by atoms with Gasteiger partial charge in [0.25, 0.3) is 0 Å².